The van der Waals surface area contributed by atoms with Crippen molar-refractivity contribution in [2.45, 2.75) is 360 Å². The molecule has 0 heterocycles. The molecule has 0 aromatic rings. The van der Waals surface area contributed by atoms with Crippen molar-refractivity contribution >= 4 is 11.9 Å². The smallest absolute Gasteiger partial charge is 0.305 e. The van der Waals surface area contributed by atoms with Gasteiger partial charge in [0.05, 0.1) is 25.4 Å². The van der Waals surface area contributed by atoms with Gasteiger partial charge in [-0.2, -0.15) is 0 Å². The number of esters is 1. The topological polar surface area (TPSA) is 95.9 Å². The average Bonchev–Trinajstić information content (AvgIpc) is 3.38. The number of unbranched alkanes of at least 4 members (excludes halogenated alkanes) is 45. The highest BCUT2D eigenvalue weighted by Crippen LogP contribution is 2.18. The van der Waals surface area contributed by atoms with E-state index in [0.29, 0.717) is 19.4 Å². The van der Waals surface area contributed by atoms with Crippen molar-refractivity contribution in [1.29, 1.82) is 0 Å². The van der Waals surface area contributed by atoms with E-state index < -0.39 is 12.1 Å². The van der Waals surface area contributed by atoms with Gasteiger partial charge in [0.25, 0.3) is 0 Å². The van der Waals surface area contributed by atoms with Gasteiger partial charge in [-0.05, 0) is 64.2 Å². The van der Waals surface area contributed by atoms with Crippen molar-refractivity contribution < 1.29 is 24.5 Å². The second-order valence-corrected chi connectivity index (χ2v) is 22.1. The second kappa shape index (κ2) is 61.6. The van der Waals surface area contributed by atoms with Crippen LogP contribution in [0.15, 0.2) is 36.5 Å². The quantitative estimate of drug-likeness (QED) is 0.0320. The van der Waals surface area contributed by atoms with Crippen LogP contribution in [0.5, 0.6) is 0 Å². The maximum atomic E-state index is 12.5. The van der Waals surface area contributed by atoms with Crippen LogP contribution in [0.25, 0.3) is 0 Å². The number of ether oxygens (including phenoxy) is 1. The largest absolute Gasteiger partial charge is 0.466 e. The van der Waals surface area contributed by atoms with Gasteiger partial charge in [0, 0.05) is 12.8 Å². The maximum absolute atomic E-state index is 12.5. The molecule has 0 aromatic heterocycles. The summed E-state index contributed by atoms with van der Waals surface area (Å²) in [7, 11) is 0. The highest BCUT2D eigenvalue weighted by atomic mass is 16.5. The van der Waals surface area contributed by atoms with Crippen LogP contribution in [0.2, 0.25) is 0 Å². The van der Waals surface area contributed by atoms with E-state index in [4.69, 9.17) is 4.74 Å². The number of nitrogens with one attached hydrogen (secondary N) is 1. The Morgan fingerprint density at radius 3 is 1.07 bits per heavy atom. The SMILES string of the molecule is CCCCCC/C=C\C/C=C\CCCCCCCC(=O)OCCCCCCCCCCCCCCCCCCCCCCCCCCC(=O)NC(CO)C(O)/C=C/CCCCCCCCCCCCCCC. The standard InChI is InChI=1S/C66H125NO5/c1-3-5-7-9-11-13-15-17-19-32-36-40-44-48-52-56-60-66(71)72-61-57-53-49-45-41-37-33-29-27-25-23-21-20-22-24-26-28-31-35-39-43-47-51-55-59-65(70)67-63(62-68)64(69)58-54-50-46-42-38-34-30-18-16-14-12-10-8-6-4-2/h13,15,19,32,54,58,63-64,68-69H,3-12,14,16-18,20-31,33-53,55-57,59-62H2,1-2H3,(H,67,70)/b15-13-,32-19-,58-54+. The summed E-state index contributed by atoms with van der Waals surface area (Å²) in [5.74, 6) is -0.0639. The van der Waals surface area contributed by atoms with Crippen LogP contribution >= 0.6 is 0 Å². The highest BCUT2D eigenvalue weighted by molar-refractivity contribution is 5.76. The van der Waals surface area contributed by atoms with Crippen molar-refractivity contribution in [3.63, 3.8) is 0 Å². The third kappa shape index (κ3) is 57.4. The predicted octanol–water partition coefficient (Wildman–Crippen LogP) is 20.4. The minimum Gasteiger partial charge on any atom is -0.466 e. The van der Waals surface area contributed by atoms with E-state index in [1.807, 2.05) is 6.08 Å². The molecular weight excluding hydrogens is 887 g/mol. The summed E-state index contributed by atoms with van der Waals surface area (Å²) in [5, 5.41) is 23.1. The molecule has 6 heteroatoms. The summed E-state index contributed by atoms with van der Waals surface area (Å²) >= 11 is 0. The van der Waals surface area contributed by atoms with E-state index in [-0.39, 0.29) is 18.5 Å². The Morgan fingerprint density at radius 2 is 0.694 bits per heavy atom. The number of hydrogen-bond donors (Lipinski definition) is 3. The number of aliphatic hydroxyl groups is 2. The summed E-state index contributed by atoms with van der Waals surface area (Å²) in [6.45, 7) is 4.90. The van der Waals surface area contributed by atoms with E-state index in [2.05, 4.69) is 43.5 Å². The van der Waals surface area contributed by atoms with Crippen molar-refractivity contribution in [2.24, 2.45) is 0 Å². The number of carbonyl (C=O) groups is 2. The van der Waals surface area contributed by atoms with Gasteiger partial charge in [-0.15, -0.1) is 0 Å². The number of rotatable bonds is 60. The summed E-state index contributed by atoms with van der Waals surface area (Å²) in [6.07, 6.45) is 77.6. The van der Waals surface area contributed by atoms with Gasteiger partial charge in [-0.1, -0.05) is 307 Å². The van der Waals surface area contributed by atoms with Crippen LogP contribution in [0.4, 0.5) is 0 Å². The molecule has 2 atom stereocenters. The molecule has 0 bridgehead atoms. The van der Waals surface area contributed by atoms with E-state index in [1.165, 1.54) is 270 Å². The van der Waals surface area contributed by atoms with E-state index in [1.54, 1.807) is 6.08 Å². The first-order valence-corrected chi connectivity index (χ1v) is 32.3. The summed E-state index contributed by atoms with van der Waals surface area (Å²) in [5.41, 5.74) is 0. The maximum Gasteiger partial charge on any atom is 0.305 e. The number of carbonyl (C=O) groups excluding carboxylic acids is 2. The molecule has 0 saturated carbocycles. The number of amides is 1. The molecule has 0 aliphatic heterocycles. The Kier molecular flexibility index (Phi) is 60.0. The van der Waals surface area contributed by atoms with Crippen LogP contribution in [-0.2, 0) is 14.3 Å². The Morgan fingerprint density at radius 1 is 0.389 bits per heavy atom. The number of hydrogen-bond acceptors (Lipinski definition) is 5. The van der Waals surface area contributed by atoms with Crippen molar-refractivity contribution in [1.82, 2.24) is 5.32 Å². The van der Waals surface area contributed by atoms with Gasteiger partial charge >= 0.3 is 5.97 Å². The van der Waals surface area contributed by atoms with Gasteiger partial charge in [0.2, 0.25) is 5.91 Å². The van der Waals surface area contributed by atoms with E-state index >= 15 is 0 Å². The normalized spacial score (nSPS) is 12.8. The Balaban J connectivity index is 3.39. The molecule has 6 nitrogen and oxygen atoms in total. The van der Waals surface area contributed by atoms with Gasteiger partial charge in [0.15, 0.2) is 0 Å². The molecule has 0 aromatic carbocycles. The lowest BCUT2D eigenvalue weighted by molar-refractivity contribution is -0.143. The molecule has 3 N–H and O–H groups in total. The van der Waals surface area contributed by atoms with Crippen LogP contribution in [0.1, 0.15) is 348 Å². The van der Waals surface area contributed by atoms with Crippen molar-refractivity contribution in [3.8, 4) is 0 Å². The fourth-order valence-corrected chi connectivity index (χ4v) is 9.96. The van der Waals surface area contributed by atoms with Gasteiger partial charge in [-0.25, -0.2) is 0 Å². The fourth-order valence-electron chi connectivity index (χ4n) is 9.96. The first kappa shape index (κ1) is 70.1. The first-order valence-electron chi connectivity index (χ1n) is 32.3. The minimum atomic E-state index is -0.844. The zero-order chi connectivity index (χ0) is 52.2. The van der Waals surface area contributed by atoms with Gasteiger partial charge < -0.3 is 20.3 Å². The highest BCUT2D eigenvalue weighted by Gasteiger charge is 2.18. The van der Waals surface area contributed by atoms with Gasteiger partial charge in [-0.3, -0.25) is 9.59 Å². The third-order valence-electron chi connectivity index (χ3n) is 14.9. The van der Waals surface area contributed by atoms with Crippen LogP contribution < -0.4 is 5.32 Å². The Labute approximate surface area is 449 Å². The summed E-state index contributed by atoms with van der Waals surface area (Å²) < 4.78 is 5.49. The lowest BCUT2D eigenvalue weighted by Gasteiger charge is -2.20. The van der Waals surface area contributed by atoms with Crippen molar-refractivity contribution in [2.75, 3.05) is 13.2 Å². The monoisotopic (exact) mass is 1010 g/mol. The molecule has 72 heavy (non-hydrogen) atoms. The Hall–Kier alpha value is -1.92. The molecule has 1 amide bonds. The second-order valence-electron chi connectivity index (χ2n) is 22.1. The third-order valence-corrected chi connectivity index (χ3v) is 14.9. The zero-order valence-electron chi connectivity index (χ0n) is 48.4. The average molecular weight is 1010 g/mol. The first-order chi connectivity index (χ1) is 35.5. The van der Waals surface area contributed by atoms with E-state index in [0.717, 1.165) is 51.4 Å². The van der Waals surface area contributed by atoms with Crippen LogP contribution in [0.3, 0.4) is 0 Å². The van der Waals surface area contributed by atoms with Crippen molar-refractivity contribution in [3.05, 3.63) is 36.5 Å². The van der Waals surface area contributed by atoms with Gasteiger partial charge in [0.1, 0.15) is 0 Å². The molecule has 0 fully saturated rings. The molecule has 0 rings (SSSR count). The molecule has 0 aliphatic rings. The minimum absolute atomic E-state index is 0.00162. The molecule has 2 unspecified atom stereocenters. The lowest BCUT2D eigenvalue weighted by Crippen LogP contribution is -2.45. The molecule has 0 radical (unpaired) electrons. The molecule has 0 spiro atoms. The van der Waals surface area contributed by atoms with Crippen LogP contribution in [0, 0.1) is 0 Å². The molecule has 0 aliphatic carbocycles. The fraction of sp³-hybridized carbons (Fsp3) is 0.879. The van der Waals surface area contributed by atoms with Crippen LogP contribution in [-0.4, -0.2) is 47.4 Å². The Bertz CT molecular complexity index is 1170. The summed E-state index contributed by atoms with van der Waals surface area (Å²) in [6, 6.07) is -0.627. The lowest BCUT2D eigenvalue weighted by atomic mass is 10.0. The molecule has 424 valence electrons. The number of allylic oxidation sites excluding steroid dienone is 5. The number of aliphatic hydroxyl groups excluding tert-OH is 2. The molecule has 0 saturated heterocycles. The predicted molar refractivity (Wildman–Crippen MR) is 315 cm³/mol. The molecular formula is C66H125NO5. The zero-order valence-corrected chi connectivity index (χ0v) is 48.4. The summed E-state index contributed by atoms with van der Waals surface area (Å²) in [4.78, 5) is 24.5. The van der Waals surface area contributed by atoms with E-state index in [9.17, 15) is 19.8 Å².